The van der Waals surface area contributed by atoms with Crippen molar-refractivity contribution in [3.63, 3.8) is 0 Å². The molecule has 1 N–H and O–H groups in total. The lowest BCUT2D eigenvalue weighted by molar-refractivity contribution is 0.0776. The SMILES string of the molecule is CCCc1ccc(C(O)CN(C)C2CCC2)cc1. The molecule has 0 spiro atoms. The van der Waals surface area contributed by atoms with Crippen LogP contribution in [0.15, 0.2) is 24.3 Å². The molecule has 0 heterocycles. The average Bonchev–Trinajstić information content (AvgIpc) is 2.27. The molecule has 0 bridgehead atoms. The van der Waals surface area contributed by atoms with Crippen molar-refractivity contribution >= 4 is 0 Å². The van der Waals surface area contributed by atoms with Crippen molar-refractivity contribution < 1.29 is 5.11 Å². The summed E-state index contributed by atoms with van der Waals surface area (Å²) < 4.78 is 0. The fourth-order valence-corrected chi connectivity index (χ4v) is 2.55. The largest absolute Gasteiger partial charge is 0.387 e. The van der Waals surface area contributed by atoms with Crippen molar-refractivity contribution in [2.75, 3.05) is 13.6 Å². The Morgan fingerprint density at radius 2 is 1.94 bits per heavy atom. The topological polar surface area (TPSA) is 23.5 Å². The van der Waals surface area contributed by atoms with Crippen LogP contribution in [-0.2, 0) is 6.42 Å². The third-order valence-corrected chi connectivity index (χ3v) is 4.06. The molecule has 0 saturated heterocycles. The monoisotopic (exact) mass is 247 g/mol. The van der Waals surface area contributed by atoms with Crippen LogP contribution in [0.5, 0.6) is 0 Å². The summed E-state index contributed by atoms with van der Waals surface area (Å²) >= 11 is 0. The summed E-state index contributed by atoms with van der Waals surface area (Å²) in [7, 11) is 2.12. The molecule has 1 aliphatic rings. The highest BCUT2D eigenvalue weighted by molar-refractivity contribution is 5.24. The van der Waals surface area contributed by atoms with E-state index in [1.165, 1.54) is 31.2 Å². The van der Waals surface area contributed by atoms with Gasteiger partial charge in [-0.1, -0.05) is 44.0 Å². The van der Waals surface area contributed by atoms with E-state index in [4.69, 9.17) is 0 Å². The number of rotatable bonds is 6. The van der Waals surface area contributed by atoms with E-state index in [0.717, 1.165) is 18.5 Å². The maximum Gasteiger partial charge on any atom is 0.0916 e. The Hall–Kier alpha value is -0.860. The Labute approximate surface area is 111 Å². The molecule has 0 aliphatic heterocycles. The summed E-state index contributed by atoms with van der Waals surface area (Å²) in [5.41, 5.74) is 2.40. The molecule has 1 fully saturated rings. The van der Waals surface area contributed by atoms with Crippen LogP contribution in [0.4, 0.5) is 0 Å². The summed E-state index contributed by atoms with van der Waals surface area (Å²) in [5, 5.41) is 10.2. The normalized spacial score (nSPS) is 17.8. The minimum atomic E-state index is -0.355. The number of nitrogens with zero attached hydrogens (tertiary/aromatic N) is 1. The molecule has 1 aliphatic carbocycles. The maximum atomic E-state index is 10.2. The first kappa shape index (κ1) is 13.6. The van der Waals surface area contributed by atoms with Crippen LogP contribution < -0.4 is 0 Å². The van der Waals surface area contributed by atoms with Gasteiger partial charge in [-0.15, -0.1) is 0 Å². The molecule has 1 unspecified atom stereocenters. The van der Waals surface area contributed by atoms with E-state index in [-0.39, 0.29) is 6.10 Å². The highest BCUT2D eigenvalue weighted by Crippen LogP contribution is 2.25. The van der Waals surface area contributed by atoms with Crippen LogP contribution in [-0.4, -0.2) is 29.6 Å². The minimum absolute atomic E-state index is 0.355. The molecule has 0 aromatic heterocycles. The number of aryl methyl sites for hydroxylation is 1. The van der Waals surface area contributed by atoms with Gasteiger partial charge in [0.2, 0.25) is 0 Å². The van der Waals surface area contributed by atoms with Crippen LogP contribution in [0.1, 0.15) is 49.8 Å². The fourth-order valence-electron chi connectivity index (χ4n) is 2.55. The number of benzene rings is 1. The summed E-state index contributed by atoms with van der Waals surface area (Å²) in [4.78, 5) is 2.30. The summed E-state index contributed by atoms with van der Waals surface area (Å²) in [6.45, 7) is 2.94. The highest BCUT2D eigenvalue weighted by atomic mass is 16.3. The fraction of sp³-hybridized carbons (Fsp3) is 0.625. The zero-order valence-electron chi connectivity index (χ0n) is 11.6. The molecule has 2 rings (SSSR count). The third-order valence-electron chi connectivity index (χ3n) is 4.06. The molecule has 0 amide bonds. The second-order valence-electron chi connectivity index (χ2n) is 5.53. The predicted molar refractivity (Wildman–Crippen MR) is 75.7 cm³/mol. The van der Waals surface area contributed by atoms with Crippen molar-refractivity contribution in [3.8, 4) is 0 Å². The predicted octanol–water partition coefficient (Wildman–Crippen LogP) is 3.16. The lowest BCUT2D eigenvalue weighted by atomic mass is 9.91. The van der Waals surface area contributed by atoms with E-state index in [2.05, 4.69) is 43.1 Å². The maximum absolute atomic E-state index is 10.2. The first-order valence-corrected chi connectivity index (χ1v) is 7.18. The number of aliphatic hydroxyl groups excluding tert-OH is 1. The molecule has 100 valence electrons. The van der Waals surface area contributed by atoms with Gasteiger partial charge in [0.15, 0.2) is 0 Å². The van der Waals surface area contributed by atoms with Crippen molar-refractivity contribution in [1.82, 2.24) is 4.90 Å². The number of likely N-dealkylation sites (N-methyl/N-ethyl adjacent to an activating group) is 1. The standard InChI is InChI=1S/C16H25NO/c1-3-5-13-8-10-14(11-9-13)16(18)12-17(2)15-6-4-7-15/h8-11,15-16,18H,3-7,12H2,1-2H3. The van der Waals surface area contributed by atoms with E-state index in [1.807, 2.05) is 0 Å². The van der Waals surface area contributed by atoms with Crippen LogP contribution in [0.25, 0.3) is 0 Å². The zero-order chi connectivity index (χ0) is 13.0. The van der Waals surface area contributed by atoms with Gasteiger partial charge in [-0.2, -0.15) is 0 Å². The highest BCUT2D eigenvalue weighted by Gasteiger charge is 2.23. The molecule has 0 radical (unpaired) electrons. The van der Waals surface area contributed by atoms with Gasteiger partial charge in [0.1, 0.15) is 0 Å². The molecule has 1 aromatic carbocycles. The van der Waals surface area contributed by atoms with Crippen molar-refractivity contribution in [2.45, 2.75) is 51.2 Å². The Kier molecular flexibility index (Phi) is 4.79. The zero-order valence-corrected chi connectivity index (χ0v) is 11.6. The van der Waals surface area contributed by atoms with Gasteiger partial charge in [0.25, 0.3) is 0 Å². The lowest BCUT2D eigenvalue weighted by Gasteiger charge is -2.35. The van der Waals surface area contributed by atoms with E-state index in [0.29, 0.717) is 6.04 Å². The number of hydrogen-bond acceptors (Lipinski definition) is 2. The van der Waals surface area contributed by atoms with Gasteiger partial charge < -0.3 is 10.0 Å². The van der Waals surface area contributed by atoms with Crippen molar-refractivity contribution in [1.29, 1.82) is 0 Å². The first-order chi connectivity index (χ1) is 8.70. The quantitative estimate of drug-likeness (QED) is 0.834. The lowest BCUT2D eigenvalue weighted by Crippen LogP contribution is -2.39. The molecule has 18 heavy (non-hydrogen) atoms. The van der Waals surface area contributed by atoms with E-state index in [9.17, 15) is 5.11 Å². The van der Waals surface area contributed by atoms with Crippen LogP contribution >= 0.6 is 0 Å². The molecule has 1 saturated carbocycles. The van der Waals surface area contributed by atoms with E-state index < -0.39 is 0 Å². The third kappa shape index (κ3) is 3.33. The first-order valence-electron chi connectivity index (χ1n) is 7.18. The van der Waals surface area contributed by atoms with Gasteiger partial charge in [0.05, 0.1) is 6.10 Å². The Morgan fingerprint density at radius 1 is 1.28 bits per heavy atom. The smallest absolute Gasteiger partial charge is 0.0916 e. The minimum Gasteiger partial charge on any atom is -0.387 e. The van der Waals surface area contributed by atoms with Crippen molar-refractivity contribution in [2.24, 2.45) is 0 Å². The van der Waals surface area contributed by atoms with Crippen molar-refractivity contribution in [3.05, 3.63) is 35.4 Å². The van der Waals surface area contributed by atoms with Gasteiger partial charge >= 0.3 is 0 Å². The van der Waals surface area contributed by atoms with Gasteiger partial charge in [0, 0.05) is 12.6 Å². The summed E-state index contributed by atoms with van der Waals surface area (Å²) in [6.07, 6.45) is 5.87. The molecule has 1 atom stereocenters. The Morgan fingerprint density at radius 3 is 2.44 bits per heavy atom. The summed E-state index contributed by atoms with van der Waals surface area (Å²) in [5.74, 6) is 0. The van der Waals surface area contributed by atoms with Crippen LogP contribution in [0.3, 0.4) is 0 Å². The van der Waals surface area contributed by atoms with Gasteiger partial charge in [-0.25, -0.2) is 0 Å². The Bertz CT molecular complexity index is 356. The van der Waals surface area contributed by atoms with Crippen LogP contribution in [0.2, 0.25) is 0 Å². The van der Waals surface area contributed by atoms with Crippen LogP contribution in [0, 0.1) is 0 Å². The molecular formula is C16H25NO. The second kappa shape index (κ2) is 6.35. The second-order valence-corrected chi connectivity index (χ2v) is 5.53. The molecule has 2 heteroatoms. The summed E-state index contributed by atoms with van der Waals surface area (Å²) in [6, 6.07) is 9.13. The average molecular weight is 247 g/mol. The molecular weight excluding hydrogens is 222 g/mol. The van der Waals surface area contributed by atoms with E-state index >= 15 is 0 Å². The Balaban J connectivity index is 1.89. The van der Waals surface area contributed by atoms with Gasteiger partial charge in [-0.05, 0) is 37.4 Å². The van der Waals surface area contributed by atoms with Gasteiger partial charge in [-0.3, -0.25) is 0 Å². The molecule has 1 aromatic rings. The number of hydrogen-bond donors (Lipinski definition) is 1. The number of aliphatic hydroxyl groups is 1. The molecule has 2 nitrogen and oxygen atoms in total. The van der Waals surface area contributed by atoms with E-state index in [1.54, 1.807) is 0 Å².